The van der Waals surface area contributed by atoms with Crippen LogP contribution in [0.25, 0.3) is 11.1 Å². The maximum absolute atomic E-state index is 13.7. The summed E-state index contributed by atoms with van der Waals surface area (Å²) in [6.45, 7) is 0. The molecule has 0 aromatic heterocycles. The molecule has 0 spiro atoms. The second-order valence-electron chi connectivity index (χ2n) is 3.39. The van der Waals surface area contributed by atoms with Gasteiger partial charge in [-0.2, -0.15) is 0 Å². The molecular formula is C13H10FNO. The van der Waals surface area contributed by atoms with Gasteiger partial charge in [0, 0.05) is 11.1 Å². The van der Waals surface area contributed by atoms with Crippen LogP contribution in [0.5, 0.6) is 0 Å². The van der Waals surface area contributed by atoms with Crippen molar-refractivity contribution in [2.75, 3.05) is 0 Å². The minimum Gasteiger partial charge on any atom is -0.366 e. The Hall–Kier alpha value is -2.16. The molecule has 2 aromatic carbocycles. The molecule has 0 aliphatic rings. The average molecular weight is 215 g/mol. The summed E-state index contributed by atoms with van der Waals surface area (Å²) in [6.07, 6.45) is 0. The summed E-state index contributed by atoms with van der Waals surface area (Å²) in [6, 6.07) is 13.2. The number of hydrogen-bond donors (Lipinski definition) is 1. The second kappa shape index (κ2) is 4.14. The normalized spacial score (nSPS) is 10.1. The molecule has 0 bridgehead atoms. The van der Waals surface area contributed by atoms with E-state index in [0.717, 1.165) is 0 Å². The third-order valence-electron chi connectivity index (χ3n) is 2.34. The zero-order valence-corrected chi connectivity index (χ0v) is 8.48. The lowest BCUT2D eigenvalue weighted by molar-refractivity contribution is 0.100. The highest BCUT2D eigenvalue weighted by Crippen LogP contribution is 2.26. The van der Waals surface area contributed by atoms with E-state index < -0.39 is 11.7 Å². The minimum absolute atomic E-state index is 0.200. The zero-order chi connectivity index (χ0) is 11.5. The van der Waals surface area contributed by atoms with Crippen LogP contribution in [0.4, 0.5) is 4.39 Å². The smallest absolute Gasteiger partial charge is 0.249 e. The highest BCUT2D eigenvalue weighted by atomic mass is 19.1. The predicted octanol–water partition coefficient (Wildman–Crippen LogP) is 2.59. The van der Waals surface area contributed by atoms with Crippen molar-refractivity contribution < 1.29 is 9.18 Å². The first kappa shape index (κ1) is 10.4. The molecule has 0 saturated carbocycles. The molecule has 0 unspecified atom stereocenters. The Morgan fingerprint density at radius 1 is 1.00 bits per heavy atom. The fourth-order valence-electron chi connectivity index (χ4n) is 1.63. The number of carbonyl (C=O) groups excluding carboxylic acids is 1. The summed E-state index contributed by atoms with van der Waals surface area (Å²) >= 11 is 0. The molecule has 2 nitrogen and oxygen atoms in total. The fourth-order valence-corrected chi connectivity index (χ4v) is 1.63. The third kappa shape index (κ3) is 1.80. The van der Waals surface area contributed by atoms with Gasteiger partial charge in [-0.05, 0) is 17.7 Å². The number of primary amides is 1. The zero-order valence-electron chi connectivity index (χ0n) is 8.48. The standard InChI is InChI=1S/C13H10FNO/c14-11-8-4-7-10(13(15)16)12(11)9-5-2-1-3-6-9/h1-8H,(H2,15,16). The van der Waals surface area contributed by atoms with Crippen molar-refractivity contribution in [1.29, 1.82) is 0 Å². The monoisotopic (exact) mass is 215 g/mol. The van der Waals surface area contributed by atoms with E-state index in [-0.39, 0.29) is 11.1 Å². The van der Waals surface area contributed by atoms with E-state index in [0.29, 0.717) is 5.56 Å². The quantitative estimate of drug-likeness (QED) is 0.822. The van der Waals surface area contributed by atoms with Gasteiger partial charge in [-0.1, -0.05) is 36.4 Å². The summed E-state index contributed by atoms with van der Waals surface area (Å²) in [4.78, 5) is 11.2. The molecule has 1 amide bonds. The lowest BCUT2D eigenvalue weighted by atomic mass is 9.99. The molecule has 2 rings (SSSR count). The van der Waals surface area contributed by atoms with Gasteiger partial charge in [0.05, 0.1) is 0 Å². The van der Waals surface area contributed by atoms with Gasteiger partial charge in [-0.15, -0.1) is 0 Å². The molecule has 2 aromatic rings. The first-order valence-electron chi connectivity index (χ1n) is 4.84. The summed E-state index contributed by atoms with van der Waals surface area (Å²) in [7, 11) is 0. The van der Waals surface area contributed by atoms with Crippen LogP contribution >= 0.6 is 0 Å². The van der Waals surface area contributed by atoms with Crippen molar-refractivity contribution >= 4 is 5.91 Å². The molecule has 0 heterocycles. The number of rotatable bonds is 2. The Morgan fingerprint density at radius 2 is 1.69 bits per heavy atom. The van der Waals surface area contributed by atoms with Crippen LogP contribution in [-0.4, -0.2) is 5.91 Å². The molecule has 2 N–H and O–H groups in total. The van der Waals surface area contributed by atoms with Crippen LogP contribution in [0.15, 0.2) is 48.5 Å². The highest BCUT2D eigenvalue weighted by Gasteiger charge is 2.13. The highest BCUT2D eigenvalue weighted by molar-refractivity contribution is 5.99. The number of hydrogen-bond acceptors (Lipinski definition) is 1. The van der Waals surface area contributed by atoms with E-state index in [9.17, 15) is 9.18 Å². The van der Waals surface area contributed by atoms with E-state index in [2.05, 4.69) is 0 Å². The van der Waals surface area contributed by atoms with Gasteiger partial charge in [0.1, 0.15) is 5.82 Å². The van der Waals surface area contributed by atoms with Crippen molar-refractivity contribution in [2.24, 2.45) is 5.73 Å². The predicted molar refractivity (Wildman–Crippen MR) is 60.4 cm³/mol. The van der Waals surface area contributed by atoms with Crippen molar-refractivity contribution in [3.05, 3.63) is 59.9 Å². The fraction of sp³-hybridized carbons (Fsp3) is 0. The molecule has 0 aliphatic heterocycles. The SMILES string of the molecule is NC(=O)c1cccc(F)c1-c1ccccc1. The van der Waals surface area contributed by atoms with E-state index in [1.54, 1.807) is 24.3 Å². The topological polar surface area (TPSA) is 43.1 Å². The van der Waals surface area contributed by atoms with Gasteiger partial charge in [-0.3, -0.25) is 4.79 Å². The van der Waals surface area contributed by atoms with E-state index in [4.69, 9.17) is 5.73 Å². The lowest BCUT2D eigenvalue weighted by Gasteiger charge is -2.07. The van der Waals surface area contributed by atoms with Gasteiger partial charge in [0.15, 0.2) is 0 Å². The maximum Gasteiger partial charge on any atom is 0.249 e. The largest absolute Gasteiger partial charge is 0.366 e. The molecule has 16 heavy (non-hydrogen) atoms. The van der Waals surface area contributed by atoms with Crippen molar-refractivity contribution in [3.63, 3.8) is 0 Å². The molecule has 0 aliphatic carbocycles. The second-order valence-corrected chi connectivity index (χ2v) is 3.39. The van der Waals surface area contributed by atoms with Crippen LogP contribution in [0.3, 0.4) is 0 Å². The van der Waals surface area contributed by atoms with Gasteiger partial charge < -0.3 is 5.73 Å². The van der Waals surface area contributed by atoms with Crippen LogP contribution in [0.1, 0.15) is 10.4 Å². The summed E-state index contributed by atoms with van der Waals surface area (Å²) in [5.41, 5.74) is 6.32. The van der Waals surface area contributed by atoms with Crippen LogP contribution in [0.2, 0.25) is 0 Å². The summed E-state index contributed by atoms with van der Waals surface area (Å²) in [5.74, 6) is -1.07. The Morgan fingerprint density at radius 3 is 2.31 bits per heavy atom. The molecule has 0 saturated heterocycles. The Labute approximate surface area is 92.5 Å². The lowest BCUT2D eigenvalue weighted by Crippen LogP contribution is -2.13. The van der Waals surface area contributed by atoms with E-state index in [1.165, 1.54) is 18.2 Å². The molecule has 0 atom stereocenters. The number of halogens is 1. The average Bonchev–Trinajstić information content (AvgIpc) is 2.29. The first-order chi connectivity index (χ1) is 7.70. The summed E-state index contributed by atoms with van der Waals surface area (Å²) < 4.78 is 13.7. The van der Waals surface area contributed by atoms with Crippen molar-refractivity contribution in [3.8, 4) is 11.1 Å². The maximum atomic E-state index is 13.7. The van der Waals surface area contributed by atoms with E-state index >= 15 is 0 Å². The molecule has 3 heteroatoms. The minimum atomic E-state index is -0.627. The van der Waals surface area contributed by atoms with Gasteiger partial charge in [-0.25, -0.2) is 4.39 Å². The molecule has 80 valence electrons. The number of carbonyl (C=O) groups is 1. The van der Waals surface area contributed by atoms with Gasteiger partial charge in [0.2, 0.25) is 5.91 Å². The van der Waals surface area contributed by atoms with Crippen molar-refractivity contribution in [2.45, 2.75) is 0 Å². The van der Waals surface area contributed by atoms with Crippen molar-refractivity contribution in [1.82, 2.24) is 0 Å². The Balaban J connectivity index is 2.68. The van der Waals surface area contributed by atoms with E-state index in [1.807, 2.05) is 6.07 Å². The third-order valence-corrected chi connectivity index (χ3v) is 2.34. The number of amides is 1. The number of benzene rings is 2. The number of nitrogens with two attached hydrogens (primary N) is 1. The molecule has 0 radical (unpaired) electrons. The van der Waals surface area contributed by atoms with Crippen LogP contribution < -0.4 is 5.73 Å². The Bertz CT molecular complexity index is 523. The van der Waals surface area contributed by atoms with Gasteiger partial charge in [0.25, 0.3) is 0 Å². The molecule has 0 fully saturated rings. The molecular weight excluding hydrogens is 205 g/mol. The van der Waals surface area contributed by atoms with Crippen LogP contribution in [0, 0.1) is 5.82 Å². The van der Waals surface area contributed by atoms with Crippen LogP contribution in [-0.2, 0) is 0 Å². The Kier molecular flexibility index (Phi) is 2.68. The summed E-state index contributed by atoms with van der Waals surface area (Å²) in [5, 5.41) is 0. The first-order valence-corrected chi connectivity index (χ1v) is 4.84. The van der Waals surface area contributed by atoms with Gasteiger partial charge >= 0.3 is 0 Å².